The maximum absolute atomic E-state index is 12.7. The predicted molar refractivity (Wildman–Crippen MR) is 79.0 cm³/mol. The number of pyridine rings is 1. The lowest BCUT2D eigenvalue weighted by Gasteiger charge is -2.26. The van der Waals surface area contributed by atoms with Crippen molar-refractivity contribution in [2.75, 3.05) is 18.1 Å². The van der Waals surface area contributed by atoms with Gasteiger partial charge >= 0.3 is 0 Å². The Morgan fingerprint density at radius 1 is 1.48 bits per heavy atom. The van der Waals surface area contributed by atoms with Crippen molar-refractivity contribution in [3.05, 3.63) is 36.2 Å². The van der Waals surface area contributed by atoms with E-state index in [-0.39, 0.29) is 23.5 Å². The molecule has 6 nitrogen and oxygen atoms in total. The van der Waals surface area contributed by atoms with Crippen LogP contribution in [0.1, 0.15) is 23.7 Å². The summed E-state index contributed by atoms with van der Waals surface area (Å²) >= 11 is 0. The van der Waals surface area contributed by atoms with E-state index in [2.05, 4.69) is 5.10 Å². The quantitative estimate of drug-likeness (QED) is 0.847. The zero-order chi connectivity index (χ0) is 15.0. The Labute approximate surface area is 123 Å². The van der Waals surface area contributed by atoms with E-state index in [1.807, 2.05) is 25.1 Å². The van der Waals surface area contributed by atoms with Gasteiger partial charge in [0.1, 0.15) is 0 Å². The summed E-state index contributed by atoms with van der Waals surface area (Å²) in [5, 5.41) is 4.16. The molecule has 3 heterocycles. The molecule has 1 fully saturated rings. The highest BCUT2D eigenvalue weighted by molar-refractivity contribution is 7.91. The summed E-state index contributed by atoms with van der Waals surface area (Å²) in [6, 6.07) is 5.30. The molecule has 1 saturated heterocycles. The molecule has 0 spiro atoms. The summed E-state index contributed by atoms with van der Waals surface area (Å²) < 4.78 is 24.9. The van der Waals surface area contributed by atoms with Gasteiger partial charge in [-0.3, -0.25) is 4.79 Å². The van der Waals surface area contributed by atoms with Gasteiger partial charge in [-0.1, -0.05) is 6.07 Å². The fourth-order valence-electron chi connectivity index (χ4n) is 2.84. The van der Waals surface area contributed by atoms with Crippen LogP contribution in [0.2, 0.25) is 0 Å². The Hall–Kier alpha value is -1.89. The summed E-state index contributed by atoms with van der Waals surface area (Å²) in [4.78, 5) is 14.4. The van der Waals surface area contributed by atoms with E-state index in [4.69, 9.17) is 0 Å². The zero-order valence-corrected chi connectivity index (χ0v) is 12.6. The Kier molecular flexibility index (Phi) is 3.44. The molecule has 1 atom stereocenters. The standard InChI is InChI=1S/C14H17N3O3S/c1-2-16(11-6-8-21(19,20)10-11)14(18)12-9-15-17-7-4-3-5-13(12)17/h3-5,7,9,11H,2,6,8,10H2,1H3/t11-/m0/s1. The van der Waals surface area contributed by atoms with Gasteiger partial charge in [-0.2, -0.15) is 5.10 Å². The third-order valence-electron chi connectivity index (χ3n) is 3.91. The molecule has 0 aromatic carbocycles. The van der Waals surface area contributed by atoms with Gasteiger partial charge in [0.15, 0.2) is 9.84 Å². The van der Waals surface area contributed by atoms with Gasteiger partial charge in [0.25, 0.3) is 5.91 Å². The van der Waals surface area contributed by atoms with Crippen LogP contribution in [-0.4, -0.2) is 52.9 Å². The molecule has 3 rings (SSSR count). The minimum atomic E-state index is -3.01. The van der Waals surface area contributed by atoms with Gasteiger partial charge in [-0.15, -0.1) is 0 Å². The minimum absolute atomic E-state index is 0.0613. The third kappa shape index (κ3) is 2.53. The lowest BCUT2D eigenvalue weighted by atomic mass is 10.1. The molecule has 1 aliphatic heterocycles. The number of sulfone groups is 1. The molecule has 0 aliphatic carbocycles. The number of hydrogen-bond acceptors (Lipinski definition) is 4. The molecule has 0 bridgehead atoms. The van der Waals surface area contributed by atoms with Crippen LogP contribution in [0.15, 0.2) is 30.6 Å². The molecule has 21 heavy (non-hydrogen) atoms. The van der Waals surface area contributed by atoms with Crippen LogP contribution < -0.4 is 0 Å². The number of amides is 1. The second-order valence-electron chi connectivity index (χ2n) is 5.24. The highest BCUT2D eigenvalue weighted by atomic mass is 32.2. The lowest BCUT2D eigenvalue weighted by molar-refractivity contribution is 0.0710. The lowest BCUT2D eigenvalue weighted by Crippen LogP contribution is -2.40. The SMILES string of the molecule is CCN(C(=O)c1cnn2ccccc12)[C@H]1CCS(=O)(=O)C1. The summed E-state index contributed by atoms with van der Waals surface area (Å²) in [7, 11) is -3.01. The van der Waals surface area contributed by atoms with Gasteiger partial charge in [0.2, 0.25) is 0 Å². The molecule has 7 heteroatoms. The van der Waals surface area contributed by atoms with Gasteiger partial charge in [-0.25, -0.2) is 12.9 Å². The second kappa shape index (κ2) is 5.14. The summed E-state index contributed by atoms with van der Waals surface area (Å²) in [6.07, 6.45) is 3.84. The van der Waals surface area contributed by atoms with Crippen molar-refractivity contribution in [1.82, 2.24) is 14.5 Å². The van der Waals surface area contributed by atoms with Crippen molar-refractivity contribution in [2.45, 2.75) is 19.4 Å². The number of nitrogens with zero attached hydrogens (tertiary/aromatic N) is 3. The van der Waals surface area contributed by atoms with Crippen LogP contribution in [0, 0.1) is 0 Å². The Balaban J connectivity index is 1.93. The maximum Gasteiger partial charge on any atom is 0.257 e. The van der Waals surface area contributed by atoms with E-state index in [1.54, 1.807) is 21.8 Å². The van der Waals surface area contributed by atoms with Gasteiger partial charge < -0.3 is 4.90 Å². The van der Waals surface area contributed by atoms with Crippen molar-refractivity contribution in [3.8, 4) is 0 Å². The Morgan fingerprint density at radius 2 is 2.29 bits per heavy atom. The Bertz CT molecular complexity index is 782. The minimum Gasteiger partial charge on any atom is -0.335 e. The summed E-state index contributed by atoms with van der Waals surface area (Å²) in [6.45, 7) is 2.36. The highest BCUT2D eigenvalue weighted by Crippen LogP contribution is 2.21. The number of fused-ring (bicyclic) bond motifs is 1. The molecule has 0 radical (unpaired) electrons. The van der Waals surface area contributed by atoms with Gasteiger partial charge in [0, 0.05) is 18.8 Å². The van der Waals surface area contributed by atoms with Crippen LogP contribution in [0.25, 0.3) is 5.52 Å². The van der Waals surface area contributed by atoms with E-state index in [0.29, 0.717) is 18.5 Å². The van der Waals surface area contributed by atoms with Crippen molar-refractivity contribution in [2.24, 2.45) is 0 Å². The zero-order valence-electron chi connectivity index (χ0n) is 11.8. The van der Waals surface area contributed by atoms with E-state index >= 15 is 0 Å². The average Bonchev–Trinajstić information content (AvgIpc) is 3.03. The van der Waals surface area contributed by atoms with E-state index in [9.17, 15) is 13.2 Å². The number of aromatic nitrogens is 2. The number of rotatable bonds is 3. The van der Waals surface area contributed by atoms with Gasteiger partial charge in [0.05, 0.1) is 28.8 Å². The third-order valence-corrected chi connectivity index (χ3v) is 5.66. The first-order valence-corrected chi connectivity index (χ1v) is 8.78. The molecular weight excluding hydrogens is 290 g/mol. The number of carbonyl (C=O) groups excluding carboxylic acids is 1. The topological polar surface area (TPSA) is 71.8 Å². The van der Waals surface area contributed by atoms with Crippen molar-refractivity contribution < 1.29 is 13.2 Å². The fourth-order valence-corrected chi connectivity index (χ4v) is 4.57. The average molecular weight is 307 g/mol. The fraction of sp³-hybridized carbons (Fsp3) is 0.429. The van der Waals surface area contributed by atoms with Crippen molar-refractivity contribution in [1.29, 1.82) is 0 Å². The smallest absolute Gasteiger partial charge is 0.257 e. The number of carbonyl (C=O) groups is 1. The normalized spacial score (nSPS) is 20.7. The van der Waals surface area contributed by atoms with Gasteiger partial charge in [-0.05, 0) is 25.5 Å². The first kappa shape index (κ1) is 14.1. The molecule has 2 aromatic rings. The van der Waals surface area contributed by atoms with Crippen LogP contribution in [-0.2, 0) is 9.84 Å². The molecule has 1 aliphatic rings. The molecule has 0 unspecified atom stereocenters. The van der Waals surface area contributed by atoms with Crippen LogP contribution >= 0.6 is 0 Å². The Morgan fingerprint density at radius 3 is 2.95 bits per heavy atom. The largest absolute Gasteiger partial charge is 0.335 e. The molecule has 112 valence electrons. The monoisotopic (exact) mass is 307 g/mol. The van der Waals surface area contributed by atoms with E-state index in [0.717, 1.165) is 5.52 Å². The molecule has 0 saturated carbocycles. The predicted octanol–water partition coefficient (Wildman–Crippen LogP) is 0.984. The summed E-state index contributed by atoms with van der Waals surface area (Å²) in [5.41, 5.74) is 1.25. The second-order valence-corrected chi connectivity index (χ2v) is 7.47. The van der Waals surface area contributed by atoms with Crippen LogP contribution in [0.3, 0.4) is 0 Å². The molecule has 1 amide bonds. The van der Waals surface area contributed by atoms with E-state index < -0.39 is 9.84 Å². The van der Waals surface area contributed by atoms with Crippen LogP contribution in [0.4, 0.5) is 0 Å². The first-order valence-electron chi connectivity index (χ1n) is 6.95. The highest BCUT2D eigenvalue weighted by Gasteiger charge is 2.34. The first-order chi connectivity index (χ1) is 10.0. The van der Waals surface area contributed by atoms with Crippen molar-refractivity contribution >= 4 is 21.3 Å². The summed E-state index contributed by atoms with van der Waals surface area (Å²) in [5.74, 6) is 0.0722. The maximum atomic E-state index is 12.7. The van der Waals surface area contributed by atoms with E-state index in [1.165, 1.54) is 0 Å². The molecule has 0 N–H and O–H groups in total. The molecular formula is C14H17N3O3S. The van der Waals surface area contributed by atoms with Crippen molar-refractivity contribution in [3.63, 3.8) is 0 Å². The van der Waals surface area contributed by atoms with Crippen LogP contribution in [0.5, 0.6) is 0 Å². The molecule has 2 aromatic heterocycles. The number of hydrogen-bond donors (Lipinski definition) is 0.